The van der Waals surface area contributed by atoms with Crippen molar-refractivity contribution >= 4 is 19.7 Å². The normalized spacial score (nSPS) is 24.2. The Balaban J connectivity index is 2.39. The third-order valence-electron chi connectivity index (χ3n) is 3.93. The van der Waals surface area contributed by atoms with E-state index in [1.807, 2.05) is 13.8 Å². The van der Waals surface area contributed by atoms with E-state index in [0.717, 1.165) is 12.1 Å². The molecule has 0 saturated carbocycles. The van der Waals surface area contributed by atoms with Gasteiger partial charge < -0.3 is 5.32 Å². The quantitative estimate of drug-likeness (QED) is 0.798. The fourth-order valence-electron chi connectivity index (χ4n) is 2.79. The van der Waals surface area contributed by atoms with Crippen LogP contribution in [0.15, 0.2) is 23.1 Å². The van der Waals surface area contributed by atoms with Crippen LogP contribution in [0.1, 0.15) is 19.4 Å². The number of nitrogens with one attached hydrogen (secondary N) is 1. The van der Waals surface area contributed by atoms with Crippen molar-refractivity contribution in [1.29, 1.82) is 0 Å². The van der Waals surface area contributed by atoms with Crippen LogP contribution in [0.5, 0.6) is 0 Å². The highest BCUT2D eigenvalue weighted by Gasteiger charge is 2.46. The summed E-state index contributed by atoms with van der Waals surface area (Å²) in [6.45, 7) is 5.97. The predicted octanol–water partition coefficient (Wildman–Crippen LogP) is 1.32. The van der Waals surface area contributed by atoms with Crippen LogP contribution in [0, 0.1) is 18.7 Å². The van der Waals surface area contributed by atoms with Gasteiger partial charge in [0.15, 0.2) is 19.7 Å². The Hall–Kier alpha value is -0.990. The summed E-state index contributed by atoms with van der Waals surface area (Å²) < 4.78 is 62.9. The maximum Gasteiger partial charge on any atom is 0.184 e. The van der Waals surface area contributed by atoms with Crippen molar-refractivity contribution < 1.29 is 21.2 Å². The largest absolute Gasteiger partial charge is 0.311 e. The number of halogens is 1. The fraction of sp³-hybridized carbons (Fsp3) is 0.600. The molecule has 0 spiro atoms. The van der Waals surface area contributed by atoms with E-state index in [0.29, 0.717) is 6.54 Å². The number of benzene rings is 1. The van der Waals surface area contributed by atoms with E-state index in [2.05, 4.69) is 5.32 Å². The Morgan fingerprint density at radius 2 is 1.96 bits per heavy atom. The van der Waals surface area contributed by atoms with Crippen molar-refractivity contribution in [3.8, 4) is 0 Å². The highest BCUT2D eigenvalue weighted by molar-refractivity contribution is 7.96. The van der Waals surface area contributed by atoms with E-state index < -0.39 is 42.5 Å². The Morgan fingerprint density at radius 1 is 1.30 bits per heavy atom. The van der Waals surface area contributed by atoms with E-state index in [1.54, 1.807) is 0 Å². The molecule has 1 saturated heterocycles. The summed E-state index contributed by atoms with van der Waals surface area (Å²) in [5, 5.41) is 2.02. The average molecular weight is 363 g/mol. The zero-order valence-electron chi connectivity index (χ0n) is 13.4. The maximum absolute atomic E-state index is 13.2. The summed E-state index contributed by atoms with van der Waals surface area (Å²) in [5.74, 6) is -0.838. The number of hydrogen-bond acceptors (Lipinski definition) is 5. The van der Waals surface area contributed by atoms with Crippen molar-refractivity contribution in [3.05, 3.63) is 29.6 Å². The lowest BCUT2D eigenvalue weighted by molar-refractivity contribution is 0.480. The summed E-state index contributed by atoms with van der Waals surface area (Å²) in [6.07, 6.45) is 0. The summed E-state index contributed by atoms with van der Waals surface area (Å²) in [4.78, 5) is -0.00246. The molecule has 8 heteroatoms. The first-order valence-corrected chi connectivity index (χ1v) is 10.8. The molecule has 0 unspecified atom stereocenters. The van der Waals surface area contributed by atoms with Crippen LogP contribution >= 0.6 is 0 Å². The van der Waals surface area contributed by atoms with Crippen LogP contribution in [0.3, 0.4) is 0 Å². The molecule has 1 N–H and O–H groups in total. The first-order chi connectivity index (χ1) is 10.5. The minimum Gasteiger partial charge on any atom is -0.311 e. The molecule has 1 aromatic rings. The van der Waals surface area contributed by atoms with Crippen LogP contribution in [-0.4, -0.2) is 46.2 Å². The summed E-state index contributed by atoms with van der Waals surface area (Å²) in [6, 6.07) is 2.80. The van der Waals surface area contributed by atoms with E-state index >= 15 is 0 Å². The number of sulfone groups is 2. The lowest BCUT2D eigenvalue weighted by Gasteiger charge is -2.21. The second-order valence-electron chi connectivity index (χ2n) is 6.48. The van der Waals surface area contributed by atoms with Crippen molar-refractivity contribution in [3.63, 3.8) is 0 Å². The van der Waals surface area contributed by atoms with Gasteiger partial charge in [-0.1, -0.05) is 13.8 Å². The van der Waals surface area contributed by atoms with Gasteiger partial charge in [0.2, 0.25) is 0 Å². The molecule has 0 aromatic heterocycles. The van der Waals surface area contributed by atoms with Crippen molar-refractivity contribution in [2.24, 2.45) is 5.92 Å². The summed E-state index contributed by atoms with van der Waals surface area (Å²) >= 11 is 0. The highest BCUT2D eigenvalue weighted by Crippen LogP contribution is 2.28. The zero-order valence-corrected chi connectivity index (χ0v) is 15.0. The first kappa shape index (κ1) is 18.4. The van der Waals surface area contributed by atoms with Crippen LogP contribution in [0.25, 0.3) is 0 Å². The second kappa shape index (κ2) is 6.49. The van der Waals surface area contributed by atoms with Gasteiger partial charge in [-0.2, -0.15) is 0 Å². The smallest absolute Gasteiger partial charge is 0.184 e. The lowest BCUT2D eigenvalue weighted by Crippen LogP contribution is -2.44. The van der Waals surface area contributed by atoms with E-state index in [4.69, 9.17) is 0 Å². The third kappa shape index (κ3) is 4.10. The van der Waals surface area contributed by atoms with Crippen molar-refractivity contribution in [2.45, 2.75) is 37.0 Å². The monoisotopic (exact) mass is 363 g/mol. The lowest BCUT2D eigenvalue weighted by atomic mass is 10.2. The van der Waals surface area contributed by atoms with Gasteiger partial charge in [0.05, 0.1) is 21.7 Å². The Labute approximate surface area is 137 Å². The molecule has 2 atom stereocenters. The van der Waals surface area contributed by atoms with Crippen LogP contribution in [0.2, 0.25) is 0 Å². The van der Waals surface area contributed by atoms with Crippen molar-refractivity contribution in [2.75, 3.05) is 18.1 Å². The summed E-state index contributed by atoms with van der Waals surface area (Å²) in [7, 11) is -7.28. The molecule has 130 valence electrons. The predicted molar refractivity (Wildman–Crippen MR) is 87.4 cm³/mol. The van der Waals surface area contributed by atoms with Crippen LogP contribution in [0.4, 0.5) is 4.39 Å². The summed E-state index contributed by atoms with van der Waals surface area (Å²) in [5.41, 5.74) is 0.289. The van der Waals surface area contributed by atoms with Gasteiger partial charge in [-0.25, -0.2) is 21.2 Å². The molecule has 1 aliphatic rings. The van der Waals surface area contributed by atoms with Crippen LogP contribution < -0.4 is 5.32 Å². The molecular weight excluding hydrogens is 341 g/mol. The Bertz CT molecular complexity index is 788. The van der Waals surface area contributed by atoms with E-state index in [-0.39, 0.29) is 22.1 Å². The molecule has 2 rings (SSSR count). The topological polar surface area (TPSA) is 80.3 Å². The van der Waals surface area contributed by atoms with E-state index in [9.17, 15) is 21.2 Å². The molecule has 0 bridgehead atoms. The van der Waals surface area contributed by atoms with Gasteiger partial charge in [-0.3, -0.25) is 0 Å². The van der Waals surface area contributed by atoms with Gasteiger partial charge in [-0.15, -0.1) is 0 Å². The molecule has 5 nitrogen and oxygen atoms in total. The minimum atomic E-state index is -3.86. The fourth-order valence-corrected chi connectivity index (χ4v) is 7.74. The standard InChI is InChI=1S/C15H22FNO4S2/c1-10(2)7-17-13-8-22(18,19)9-15(13)23(20,21)14-5-4-12(16)6-11(14)3/h4-6,10,13,15,17H,7-9H2,1-3H3/t13-,15-/m0/s1. The van der Waals surface area contributed by atoms with Gasteiger partial charge in [0, 0.05) is 6.04 Å². The van der Waals surface area contributed by atoms with Gasteiger partial charge in [0.1, 0.15) is 5.82 Å². The molecule has 0 amide bonds. The van der Waals surface area contributed by atoms with Crippen molar-refractivity contribution in [1.82, 2.24) is 5.32 Å². The van der Waals surface area contributed by atoms with Crippen LogP contribution in [-0.2, 0) is 19.7 Å². The Morgan fingerprint density at radius 3 is 2.52 bits per heavy atom. The maximum atomic E-state index is 13.2. The van der Waals surface area contributed by atoms with E-state index in [1.165, 1.54) is 13.0 Å². The highest BCUT2D eigenvalue weighted by atomic mass is 32.2. The molecule has 0 radical (unpaired) electrons. The molecule has 23 heavy (non-hydrogen) atoms. The second-order valence-corrected chi connectivity index (χ2v) is 10.8. The minimum absolute atomic E-state index is 0.00246. The van der Waals surface area contributed by atoms with Gasteiger partial charge in [-0.05, 0) is 43.1 Å². The molecule has 1 aliphatic heterocycles. The Kier molecular flexibility index (Phi) is 5.18. The molecule has 0 aliphatic carbocycles. The SMILES string of the molecule is Cc1cc(F)ccc1S(=O)(=O)[C@H]1CS(=O)(=O)C[C@@H]1NCC(C)C. The molecule has 1 fully saturated rings. The molecule has 1 aromatic carbocycles. The number of hydrogen-bond donors (Lipinski definition) is 1. The molecular formula is C15H22FNO4S2. The third-order valence-corrected chi connectivity index (χ3v) is 8.24. The number of rotatable bonds is 5. The molecule has 1 heterocycles. The van der Waals surface area contributed by atoms with Gasteiger partial charge in [0.25, 0.3) is 0 Å². The zero-order chi connectivity index (χ0) is 17.4. The van der Waals surface area contributed by atoms with Gasteiger partial charge >= 0.3 is 0 Å². The first-order valence-electron chi connectivity index (χ1n) is 7.47. The number of aryl methyl sites for hydroxylation is 1. The average Bonchev–Trinajstić information content (AvgIpc) is 2.72.